The van der Waals surface area contributed by atoms with Crippen LogP contribution in [-0.2, 0) is 4.79 Å². The molecule has 1 atom stereocenters. The maximum absolute atomic E-state index is 12.8. The number of benzene rings is 1. The Morgan fingerprint density at radius 2 is 2.04 bits per heavy atom. The second kappa shape index (κ2) is 6.80. The molecule has 0 aliphatic heterocycles. The predicted molar refractivity (Wildman–Crippen MR) is 102 cm³/mol. The maximum Gasteiger partial charge on any atom is 0.252 e. The van der Waals surface area contributed by atoms with Gasteiger partial charge in [-0.25, -0.2) is 4.98 Å². The lowest BCUT2D eigenvalue weighted by molar-refractivity contribution is -0.119. The summed E-state index contributed by atoms with van der Waals surface area (Å²) in [6, 6.07) is 6.94. The Hall–Kier alpha value is -2.47. The molecule has 3 rings (SSSR count). The van der Waals surface area contributed by atoms with Crippen LogP contribution < -0.4 is 10.9 Å². The summed E-state index contributed by atoms with van der Waals surface area (Å²) >= 11 is 1.38. The highest BCUT2D eigenvalue weighted by Gasteiger charge is 2.23. The number of carbonyl (C=O) groups is 1. The van der Waals surface area contributed by atoms with Gasteiger partial charge in [-0.3, -0.25) is 14.2 Å². The first-order valence-corrected chi connectivity index (χ1v) is 9.14. The summed E-state index contributed by atoms with van der Waals surface area (Å²) in [4.78, 5) is 29.9. The molecule has 2 heterocycles. The number of pyridine rings is 1. The van der Waals surface area contributed by atoms with Crippen molar-refractivity contribution < 1.29 is 4.79 Å². The molecule has 0 spiro atoms. The molecule has 1 amide bonds. The zero-order chi connectivity index (χ0) is 18.1. The lowest BCUT2D eigenvalue weighted by atomic mass is 10.0. The largest absolute Gasteiger partial charge is 0.300 e. The molecule has 0 bridgehead atoms. The fraction of sp³-hybridized carbons (Fsp3) is 0.316. The van der Waals surface area contributed by atoms with Gasteiger partial charge in [0.15, 0.2) is 5.13 Å². The van der Waals surface area contributed by atoms with E-state index in [1.54, 1.807) is 10.6 Å². The van der Waals surface area contributed by atoms with Crippen LogP contribution in [0.25, 0.3) is 10.9 Å². The molecule has 0 aliphatic carbocycles. The van der Waals surface area contributed by atoms with Gasteiger partial charge < -0.3 is 5.32 Å². The van der Waals surface area contributed by atoms with Crippen LogP contribution in [0.15, 0.2) is 34.4 Å². The molecule has 2 aromatic heterocycles. The first-order chi connectivity index (χ1) is 11.9. The molecule has 1 unspecified atom stereocenters. The van der Waals surface area contributed by atoms with Crippen LogP contribution in [-0.4, -0.2) is 15.5 Å². The monoisotopic (exact) mass is 355 g/mol. The van der Waals surface area contributed by atoms with Crippen LogP contribution in [0.3, 0.4) is 0 Å². The van der Waals surface area contributed by atoms with Gasteiger partial charge in [0.05, 0.1) is 11.2 Å². The van der Waals surface area contributed by atoms with Crippen molar-refractivity contribution in [3.63, 3.8) is 0 Å². The summed E-state index contributed by atoms with van der Waals surface area (Å²) in [6.45, 7) is 7.68. The molecule has 25 heavy (non-hydrogen) atoms. The van der Waals surface area contributed by atoms with Crippen molar-refractivity contribution in [2.75, 3.05) is 5.32 Å². The summed E-state index contributed by atoms with van der Waals surface area (Å²) in [5.74, 6) is -0.215. The fourth-order valence-electron chi connectivity index (χ4n) is 3.13. The Morgan fingerprint density at radius 3 is 2.68 bits per heavy atom. The number of hydrogen-bond donors (Lipinski definition) is 1. The Balaban J connectivity index is 2.12. The van der Waals surface area contributed by atoms with Crippen molar-refractivity contribution in [1.82, 2.24) is 9.55 Å². The lowest BCUT2D eigenvalue weighted by Gasteiger charge is -2.21. The highest BCUT2D eigenvalue weighted by Crippen LogP contribution is 2.25. The zero-order valence-electron chi connectivity index (χ0n) is 14.8. The van der Waals surface area contributed by atoms with Crippen LogP contribution in [0, 0.1) is 20.8 Å². The number of anilines is 1. The smallest absolute Gasteiger partial charge is 0.252 e. The van der Waals surface area contributed by atoms with Crippen LogP contribution in [0.2, 0.25) is 0 Å². The average Bonchev–Trinajstić information content (AvgIpc) is 2.96. The van der Waals surface area contributed by atoms with Crippen molar-refractivity contribution in [2.45, 2.75) is 40.2 Å². The minimum absolute atomic E-state index is 0.156. The van der Waals surface area contributed by atoms with E-state index in [0.29, 0.717) is 11.6 Å². The predicted octanol–water partition coefficient (Wildman–Crippen LogP) is 3.97. The van der Waals surface area contributed by atoms with Gasteiger partial charge in [-0.2, -0.15) is 0 Å². The summed E-state index contributed by atoms with van der Waals surface area (Å²) in [7, 11) is 0. The van der Waals surface area contributed by atoms with Crippen molar-refractivity contribution in [1.29, 1.82) is 0 Å². The normalized spacial score (nSPS) is 12.3. The van der Waals surface area contributed by atoms with Gasteiger partial charge in [-0.15, -0.1) is 11.3 Å². The molecule has 0 aliphatic rings. The molecule has 0 radical (unpaired) electrons. The molecular weight excluding hydrogens is 334 g/mol. The van der Waals surface area contributed by atoms with E-state index in [-0.39, 0.29) is 11.5 Å². The minimum atomic E-state index is -0.582. The number of rotatable bonds is 4. The Morgan fingerprint density at radius 1 is 1.28 bits per heavy atom. The highest BCUT2D eigenvalue weighted by atomic mass is 32.1. The number of fused-ring (bicyclic) bond motifs is 1. The van der Waals surface area contributed by atoms with E-state index in [0.717, 1.165) is 27.7 Å². The molecule has 6 heteroatoms. The van der Waals surface area contributed by atoms with E-state index in [1.807, 2.05) is 51.3 Å². The van der Waals surface area contributed by atoms with Gasteiger partial charge in [0.2, 0.25) is 5.91 Å². The van der Waals surface area contributed by atoms with Crippen LogP contribution >= 0.6 is 11.3 Å². The van der Waals surface area contributed by atoms with Gasteiger partial charge in [-0.05, 0) is 38.3 Å². The van der Waals surface area contributed by atoms with E-state index in [4.69, 9.17) is 0 Å². The van der Waals surface area contributed by atoms with Crippen LogP contribution in [0.1, 0.15) is 36.2 Å². The van der Waals surface area contributed by atoms with Crippen molar-refractivity contribution >= 4 is 33.3 Å². The number of para-hydroxylation sites is 1. The fourth-order valence-corrected chi connectivity index (χ4v) is 3.83. The van der Waals surface area contributed by atoms with Gasteiger partial charge in [0, 0.05) is 16.8 Å². The third-order valence-corrected chi connectivity index (χ3v) is 5.21. The number of nitrogens with zero attached hydrogens (tertiary/aromatic N) is 2. The Labute approximate surface area is 150 Å². The Bertz CT molecular complexity index is 1000. The van der Waals surface area contributed by atoms with Gasteiger partial charge in [0.1, 0.15) is 6.04 Å². The minimum Gasteiger partial charge on any atom is -0.300 e. The van der Waals surface area contributed by atoms with Crippen LogP contribution in [0.5, 0.6) is 0 Å². The number of aryl methyl sites for hydroxylation is 3. The molecule has 0 saturated heterocycles. The molecule has 3 aromatic rings. The van der Waals surface area contributed by atoms with Gasteiger partial charge >= 0.3 is 0 Å². The van der Waals surface area contributed by atoms with E-state index in [1.165, 1.54) is 11.3 Å². The average molecular weight is 355 g/mol. The number of amides is 1. The van der Waals surface area contributed by atoms with Crippen molar-refractivity contribution in [2.24, 2.45) is 0 Å². The zero-order valence-corrected chi connectivity index (χ0v) is 15.6. The van der Waals surface area contributed by atoms with Crippen molar-refractivity contribution in [3.05, 3.63) is 56.8 Å². The second-order valence-corrected chi connectivity index (χ2v) is 7.07. The summed E-state index contributed by atoms with van der Waals surface area (Å²) in [6.07, 6.45) is 0.516. The van der Waals surface area contributed by atoms with E-state index >= 15 is 0 Å². The van der Waals surface area contributed by atoms with E-state index < -0.39 is 6.04 Å². The standard InChI is InChI=1S/C19H21N3O2S/c1-5-15(18(24)21-19-20-13(4)10-25-19)22-16(23)9-12(3)14-8-6-7-11(2)17(14)22/h6-10,15H,5H2,1-4H3,(H,20,21,24). The lowest BCUT2D eigenvalue weighted by Crippen LogP contribution is -2.33. The molecule has 130 valence electrons. The Kier molecular flexibility index (Phi) is 4.72. The third kappa shape index (κ3) is 3.22. The van der Waals surface area contributed by atoms with Gasteiger partial charge in [-0.1, -0.05) is 25.1 Å². The quantitative estimate of drug-likeness (QED) is 0.770. The number of carbonyl (C=O) groups excluding carboxylic acids is 1. The summed E-state index contributed by atoms with van der Waals surface area (Å²) < 4.78 is 1.62. The van der Waals surface area contributed by atoms with Crippen LogP contribution in [0.4, 0.5) is 5.13 Å². The molecule has 5 nitrogen and oxygen atoms in total. The molecule has 0 saturated carbocycles. The molecular formula is C19H21N3O2S. The molecule has 0 fully saturated rings. The summed E-state index contributed by atoms with van der Waals surface area (Å²) in [5.41, 5.74) is 3.43. The SMILES string of the molecule is CCC(C(=O)Nc1nc(C)cs1)n1c(=O)cc(C)c2cccc(C)c21. The van der Waals surface area contributed by atoms with Gasteiger partial charge in [0.25, 0.3) is 5.56 Å². The third-order valence-electron chi connectivity index (χ3n) is 4.33. The number of nitrogens with one attached hydrogen (secondary N) is 1. The topological polar surface area (TPSA) is 64.0 Å². The van der Waals surface area contributed by atoms with Crippen molar-refractivity contribution in [3.8, 4) is 0 Å². The highest BCUT2D eigenvalue weighted by molar-refractivity contribution is 7.13. The number of aromatic nitrogens is 2. The van der Waals surface area contributed by atoms with E-state index in [9.17, 15) is 9.59 Å². The molecule has 1 aromatic carbocycles. The van der Waals surface area contributed by atoms with E-state index in [2.05, 4.69) is 10.3 Å². The first kappa shape index (κ1) is 17.4. The summed E-state index contributed by atoms with van der Waals surface area (Å²) in [5, 5.41) is 6.28. The second-order valence-electron chi connectivity index (χ2n) is 6.21. The maximum atomic E-state index is 12.8. The number of hydrogen-bond acceptors (Lipinski definition) is 4. The first-order valence-electron chi connectivity index (χ1n) is 8.26. The number of thiazole rings is 1. The molecule has 1 N–H and O–H groups in total.